The average molecular weight is 337 g/mol. The normalized spacial score (nSPS) is 12.2. The van der Waals surface area contributed by atoms with Gasteiger partial charge in [0.2, 0.25) is 10.0 Å². The van der Waals surface area contributed by atoms with Crippen LogP contribution in [0.15, 0.2) is 16.7 Å². The minimum Gasteiger partial charge on any atom is -0.340 e. The van der Waals surface area contributed by atoms with Crippen molar-refractivity contribution in [1.29, 1.82) is 0 Å². The van der Waals surface area contributed by atoms with Crippen molar-refractivity contribution in [3.63, 3.8) is 0 Å². The second-order valence-corrected chi connectivity index (χ2v) is 7.72. The quantitative estimate of drug-likeness (QED) is 0.917. The molecule has 1 rings (SSSR count). The number of carbonyl (C=O) groups is 1. The first kappa shape index (κ1) is 15.2. The molecule has 0 aliphatic carbocycles. The Morgan fingerprint density at radius 3 is 2.33 bits per heavy atom. The highest BCUT2D eigenvalue weighted by atomic mass is 79.9. The lowest BCUT2D eigenvalue weighted by atomic mass is 10.3. The first-order valence-corrected chi connectivity index (χ1v) is 7.92. The summed E-state index contributed by atoms with van der Waals surface area (Å²) in [6.45, 7) is 6.88. The molecular weight excluding hydrogens is 320 g/mol. The summed E-state index contributed by atoms with van der Waals surface area (Å²) >= 11 is 3.28. The van der Waals surface area contributed by atoms with Gasteiger partial charge in [-0.3, -0.25) is 4.79 Å². The van der Waals surface area contributed by atoms with Crippen molar-refractivity contribution in [1.82, 2.24) is 9.29 Å². The van der Waals surface area contributed by atoms with Gasteiger partial charge in [0.15, 0.2) is 0 Å². The van der Waals surface area contributed by atoms with E-state index in [0.717, 1.165) is 4.47 Å². The molecule has 1 aromatic heterocycles. The first-order chi connectivity index (χ1) is 8.15. The molecule has 1 N–H and O–H groups in total. The van der Waals surface area contributed by atoms with E-state index in [1.807, 2.05) is 13.8 Å². The monoisotopic (exact) mass is 336 g/mol. The predicted octanol–water partition coefficient (Wildman–Crippen LogP) is 2.30. The summed E-state index contributed by atoms with van der Waals surface area (Å²) in [6, 6.07) is 1.67. The zero-order valence-electron chi connectivity index (χ0n) is 10.8. The Kier molecular flexibility index (Phi) is 4.61. The highest BCUT2D eigenvalue weighted by molar-refractivity contribution is 9.10. The lowest BCUT2D eigenvalue weighted by molar-refractivity contribution is 0.0970. The molecule has 0 aliphatic heterocycles. The fourth-order valence-corrected chi connectivity index (χ4v) is 2.39. The van der Waals surface area contributed by atoms with E-state index in [0.29, 0.717) is 5.69 Å². The number of nitrogens with zero attached hydrogens (tertiary/aromatic N) is 1. The Balaban J connectivity index is 3.06. The number of aromatic nitrogens is 1. The van der Waals surface area contributed by atoms with Crippen LogP contribution in [0.1, 0.15) is 44.2 Å². The van der Waals surface area contributed by atoms with Crippen LogP contribution in [0.4, 0.5) is 0 Å². The van der Waals surface area contributed by atoms with Crippen LogP contribution in [0.2, 0.25) is 0 Å². The molecule has 0 saturated heterocycles. The zero-order valence-corrected chi connectivity index (χ0v) is 13.2. The van der Waals surface area contributed by atoms with Crippen LogP contribution in [0.25, 0.3) is 0 Å². The molecule has 0 spiro atoms. The Morgan fingerprint density at radius 2 is 1.89 bits per heavy atom. The van der Waals surface area contributed by atoms with E-state index < -0.39 is 21.2 Å². The number of sulfonamides is 1. The van der Waals surface area contributed by atoms with Crippen molar-refractivity contribution < 1.29 is 13.2 Å². The molecule has 0 saturated carbocycles. The van der Waals surface area contributed by atoms with E-state index >= 15 is 0 Å². The van der Waals surface area contributed by atoms with Crippen LogP contribution >= 0.6 is 15.9 Å². The summed E-state index contributed by atoms with van der Waals surface area (Å²) in [6.07, 6.45) is 1.75. The summed E-state index contributed by atoms with van der Waals surface area (Å²) in [5.74, 6) is -0.608. The Hall–Kier alpha value is -0.820. The second-order valence-electron chi connectivity index (χ2n) is 4.57. The van der Waals surface area contributed by atoms with Crippen LogP contribution in [0, 0.1) is 0 Å². The summed E-state index contributed by atoms with van der Waals surface area (Å²) in [4.78, 5) is 12.0. The van der Waals surface area contributed by atoms with Crippen molar-refractivity contribution in [2.75, 3.05) is 0 Å². The standard InChI is InChI=1S/C11H17BrN2O3S/c1-7(2)14-6-9(12)5-10(14)11(15)13-18(16,17)8(3)4/h5-8H,1-4H3,(H,13,15). The molecular formula is C11H17BrN2O3S. The van der Waals surface area contributed by atoms with Gasteiger partial charge in [-0.15, -0.1) is 0 Å². The van der Waals surface area contributed by atoms with Gasteiger partial charge >= 0.3 is 0 Å². The summed E-state index contributed by atoms with van der Waals surface area (Å²) in [5.41, 5.74) is 0.320. The minimum absolute atomic E-state index is 0.0683. The van der Waals surface area contributed by atoms with Crippen LogP contribution in [-0.2, 0) is 10.0 Å². The molecule has 0 aliphatic rings. The minimum atomic E-state index is -3.61. The van der Waals surface area contributed by atoms with Gasteiger partial charge in [-0.25, -0.2) is 13.1 Å². The number of amides is 1. The van der Waals surface area contributed by atoms with Crippen LogP contribution < -0.4 is 4.72 Å². The molecule has 1 amide bonds. The van der Waals surface area contributed by atoms with Gasteiger partial charge in [-0.1, -0.05) is 0 Å². The number of halogens is 1. The average Bonchev–Trinajstić information content (AvgIpc) is 2.59. The van der Waals surface area contributed by atoms with Gasteiger partial charge in [0.25, 0.3) is 5.91 Å². The molecule has 7 heteroatoms. The Labute approximate surface area is 116 Å². The number of hydrogen-bond acceptors (Lipinski definition) is 3. The number of hydrogen-bond donors (Lipinski definition) is 1. The summed E-state index contributed by atoms with van der Waals surface area (Å²) < 4.78 is 27.8. The number of rotatable bonds is 4. The maximum Gasteiger partial charge on any atom is 0.281 e. The number of nitrogens with one attached hydrogen (secondary N) is 1. The van der Waals surface area contributed by atoms with E-state index in [4.69, 9.17) is 0 Å². The van der Waals surface area contributed by atoms with Crippen molar-refractivity contribution in [2.24, 2.45) is 0 Å². The third kappa shape index (κ3) is 3.35. The van der Waals surface area contributed by atoms with Crippen molar-refractivity contribution in [3.8, 4) is 0 Å². The van der Waals surface area contributed by atoms with Crippen molar-refractivity contribution >= 4 is 31.9 Å². The molecule has 102 valence electrons. The molecule has 0 radical (unpaired) electrons. The first-order valence-electron chi connectivity index (χ1n) is 5.58. The molecule has 0 aromatic carbocycles. The maximum absolute atomic E-state index is 12.0. The van der Waals surface area contributed by atoms with Crippen molar-refractivity contribution in [3.05, 3.63) is 22.4 Å². The smallest absolute Gasteiger partial charge is 0.281 e. The van der Waals surface area contributed by atoms with Gasteiger partial charge in [-0.2, -0.15) is 0 Å². The van der Waals surface area contributed by atoms with Crippen molar-refractivity contribution in [2.45, 2.75) is 39.0 Å². The molecule has 0 fully saturated rings. The van der Waals surface area contributed by atoms with Crippen LogP contribution in [0.5, 0.6) is 0 Å². The van der Waals surface area contributed by atoms with Gasteiger partial charge in [0, 0.05) is 16.7 Å². The van der Waals surface area contributed by atoms with E-state index in [1.54, 1.807) is 16.8 Å². The highest BCUT2D eigenvalue weighted by Crippen LogP contribution is 2.19. The van der Waals surface area contributed by atoms with E-state index in [2.05, 4.69) is 20.7 Å². The maximum atomic E-state index is 12.0. The molecule has 0 bridgehead atoms. The topological polar surface area (TPSA) is 68.2 Å². The van der Waals surface area contributed by atoms with Crippen LogP contribution in [0.3, 0.4) is 0 Å². The third-order valence-electron chi connectivity index (χ3n) is 2.46. The lowest BCUT2D eigenvalue weighted by Gasteiger charge is -2.14. The van der Waals surface area contributed by atoms with Gasteiger partial charge in [0.1, 0.15) is 5.69 Å². The van der Waals surface area contributed by atoms with Gasteiger partial charge in [0.05, 0.1) is 5.25 Å². The summed E-state index contributed by atoms with van der Waals surface area (Å²) in [7, 11) is -3.61. The van der Waals surface area contributed by atoms with E-state index in [-0.39, 0.29) is 6.04 Å². The van der Waals surface area contributed by atoms with Gasteiger partial charge in [-0.05, 0) is 49.7 Å². The largest absolute Gasteiger partial charge is 0.340 e. The molecule has 0 atom stereocenters. The van der Waals surface area contributed by atoms with E-state index in [9.17, 15) is 13.2 Å². The highest BCUT2D eigenvalue weighted by Gasteiger charge is 2.22. The third-order valence-corrected chi connectivity index (χ3v) is 4.60. The molecule has 5 nitrogen and oxygen atoms in total. The summed E-state index contributed by atoms with van der Waals surface area (Å²) in [5, 5.41) is -0.646. The predicted molar refractivity (Wildman–Crippen MR) is 74.0 cm³/mol. The fourth-order valence-electron chi connectivity index (χ4n) is 1.35. The van der Waals surface area contributed by atoms with Gasteiger partial charge < -0.3 is 4.57 Å². The number of carbonyl (C=O) groups excluding carboxylic acids is 1. The Morgan fingerprint density at radius 1 is 1.33 bits per heavy atom. The second kappa shape index (κ2) is 5.44. The SMILES string of the molecule is CC(C)n1cc(Br)cc1C(=O)NS(=O)(=O)C(C)C. The fraction of sp³-hybridized carbons (Fsp3) is 0.545. The molecule has 1 aromatic rings. The molecule has 1 heterocycles. The van der Waals surface area contributed by atoms with Crippen LogP contribution in [-0.4, -0.2) is 24.1 Å². The van der Waals surface area contributed by atoms with E-state index in [1.165, 1.54) is 13.8 Å². The molecule has 0 unspecified atom stereocenters. The zero-order chi connectivity index (χ0) is 14.1. The Bertz CT molecular complexity index is 547. The lowest BCUT2D eigenvalue weighted by Crippen LogP contribution is -2.36. The molecule has 18 heavy (non-hydrogen) atoms.